The minimum absolute atomic E-state index is 0.111. The van der Waals surface area contributed by atoms with E-state index in [-0.39, 0.29) is 17.4 Å². The summed E-state index contributed by atoms with van der Waals surface area (Å²) in [5.74, 6) is 1.38. The minimum atomic E-state index is -0.111. The fourth-order valence-electron chi connectivity index (χ4n) is 4.39. The average molecular weight is 514 g/mol. The maximum atomic E-state index is 13.6. The van der Waals surface area contributed by atoms with E-state index in [9.17, 15) is 4.79 Å². The van der Waals surface area contributed by atoms with Crippen LogP contribution in [-0.2, 0) is 4.79 Å². The Hall–Kier alpha value is -2.18. The summed E-state index contributed by atoms with van der Waals surface area (Å²) in [5, 5.41) is 3.59. The smallest absolute Gasteiger partial charge is 0.262 e. The molecule has 1 aliphatic carbocycles. The largest absolute Gasteiger partial charge is 0.488 e. The number of hydrogen-bond acceptors (Lipinski definition) is 4. The van der Waals surface area contributed by atoms with E-state index in [0.717, 1.165) is 32.8 Å². The normalized spacial score (nSPS) is 24.6. The van der Waals surface area contributed by atoms with Crippen LogP contribution in [-0.4, -0.2) is 29.0 Å². The molecular weight excluding hydrogens is 484 g/mol. The molecule has 6 heteroatoms. The summed E-state index contributed by atoms with van der Waals surface area (Å²) in [6.07, 6.45) is 8.38. The van der Waals surface area contributed by atoms with Crippen LogP contribution in [0, 0.1) is 5.92 Å². The third-order valence-electron chi connectivity index (χ3n) is 6.03. The Bertz CT molecular complexity index is 995. The van der Waals surface area contributed by atoms with Crippen LogP contribution in [0.1, 0.15) is 38.2 Å². The lowest BCUT2D eigenvalue weighted by Crippen LogP contribution is -2.48. The van der Waals surface area contributed by atoms with Crippen LogP contribution >= 0.6 is 27.7 Å². The Balaban J connectivity index is 1.61. The van der Waals surface area contributed by atoms with Gasteiger partial charge in [-0.05, 0) is 70.6 Å². The molecule has 0 bridgehead atoms. The second kappa shape index (κ2) is 10.6. The third-order valence-corrected chi connectivity index (χ3v) is 7.77. The van der Waals surface area contributed by atoms with Crippen molar-refractivity contribution >= 4 is 45.4 Å². The molecule has 4 rings (SSSR count). The van der Waals surface area contributed by atoms with Crippen LogP contribution in [0.5, 0.6) is 5.75 Å². The van der Waals surface area contributed by atoms with Gasteiger partial charge in [0.1, 0.15) is 12.4 Å². The molecule has 0 spiro atoms. The van der Waals surface area contributed by atoms with Gasteiger partial charge < -0.3 is 15.0 Å². The lowest BCUT2D eigenvalue weighted by Gasteiger charge is -2.39. The number of anilines is 1. The van der Waals surface area contributed by atoms with E-state index in [1.54, 1.807) is 17.8 Å². The Morgan fingerprint density at radius 3 is 2.72 bits per heavy atom. The third kappa shape index (κ3) is 5.24. The number of para-hydroxylation sites is 1. The average Bonchev–Trinajstić information content (AvgIpc) is 3.08. The van der Waals surface area contributed by atoms with Crippen molar-refractivity contribution in [2.45, 2.75) is 44.1 Å². The minimum Gasteiger partial charge on any atom is -0.488 e. The highest BCUT2D eigenvalue weighted by atomic mass is 79.9. The molecule has 1 heterocycles. The molecule has 1 aliphatic heterocycles. The number of ether oxygens (including phenoxy) is 1. The topological polar surface area (TPSA) is 41.6 Å². The molecule has 1 N–H and O–H groups in total. The number of halogens is 1. The number of benzene rings is 2. The molecule has 2 aromatic carbocycles. The Kier molecular flexibility index (Phi) is 7.63. The molecule has 1 unspecified atom stereocenters. The van der Waals surface area contributed by atoms with Crippen LogP contribution in [0.3, 0.4) is 0 Å². The summed E-state index contributed by atoms with van der Waals surface area (Å²) in [6.45, 7) is 6.42. The molecule has 4 nitrogen and oxygen atoms in total. The molecule has 0 aromatic heterocycles. The van der Waals surface area contributed by atoms with E-state index in [1.807, 2.05) is 54.6 Å². The van der Waals surface area contributed by atoms with Crippen LogP contribution < -0.4 is 10.1 Å². The molecule has 1 saturated carbocycles. The first-order chi connectivity index (χ1) is 15.6. The first-order valence-electron chi connectivity index (χ1n) is 11.1. The van der Waals surface area contributed by atoms with E-state index < -0.39 is 0 Å². The summed E-state index contributed by atoms with van der Waals surface area (Å²) < 4.78 is 6.51. The SMILES string of the molecule is C=CCOc1ccc(/C=C2\SC(Nc3ccccc3)N([C@@H]3CCCC[C@H]3C)C2=O)cc1Br. The fourth-order valence-corrected chi connectivity index (χ4v) is 6.11. The molecule has 1 saturated heterocycles. The number of hydrogen-bond donors (Lipinski definition) is 1. The van der Waals surface area contributed by atoms with Crippen molar-refractivity contribution in [3.63, 3.8) is 0 Å². The second-order valence-electron chi connectivity index (χ2n) is 8.32. The lowest BCUT2D eigenvalue weighted by atomic mass is 9.85. The van der Waals surface area contributed by atoms with E-state index in [1.165, 1.54) is 19.3 Å². The maximum Gasteiger partial charge on any atom is 0.262 e. The van der Waals surface area contributed by atoms with Gasteiger partial charge in [0.15, 0.2) is 5.50 Å². The van der Waals surface area contributed by atoms with Crippen molar-refractivity contribution in [2.75, 3.05) is 11.9 Å². The summed E-state index contributed by atoms with van der Waals surface area (Å²) in [4.78, 5) is 16.5. The number of nitrogens with zero attached hydrogens (tertiary/aromatic N) is 1. The second-order valence-corrected chi connectivity index (χ2v) is 10.3. The van der Waals surface area contributed by atoms with Crippen molar-refractivity contribution in [2.24, 2.45) is 5.92 Å². The van der Waals surface area contributed by atoms with Gasteiger partial charge in [0.2, 0.25) is 0 Å². The number of thioether (sulfide) groups is 1. The summed E-state index contributed by atoms with van der Waals surface area (Å²) in [7, 11) is 0. The zero-order chi connectivity index (χ0) is 22.5. The molecule has 1 amide bonds. The Morgan fingerprint density at radius 2 is 2.00 bits per heavy atom. The Labute approximate surface area is 203 Å². The van der Waals surface area contributed by atoms with Gasteiger partial charge in [-0.2, -0.15) is 0 Å². The van der Waals surface area contributed by atoms with Crippen molar-refractivity contribution in [1.82, 2.24) is 4.90 Å². The highest BCUT2D eigenvalue weighted by Gasteiger charge is 2.42. The number of nitrogens with one attached hydrogen (secondary N) is 1. The van der Waals surface area contributed by atoms with Crippen LogP contribution in [0.4, 0.5) is 5.69 Å². The standard InChI is InChI=1S/C26H29BrN2O2S/c1-3-15-31-23-14-13-19(16-21(23)27)17-24-25(30)29(22-12-8-7-9-18(22)2)26(32-24)28-20-10-5-4-6-11-20/h3-6,10-11,13-14,16-18,22,26,28H,1,7-9,12,15H2,2H3/b24-17-/t18-,22-,26?/m1/s1. The van der Waals surface area contributed by atoms with Crippen LogP contribution in [0.2, 0.25) is 0 Å². The van der Waals surface area contributed by atoms with Crippen LogP contribution in [0.25, 0.3) is 6.08 Å². The van der Waals surface area contributed by atoms with Crippen molar-refractivity contribution in [3.05, 3.63) is 76.1 Å². The lowest BCUT2D eigenvalue weighted by molar-refractivity contribution is -0.129. The number of carbonyl (C=O) groups excluding carboxylic acids is 1. The fraction of sp³-hybridized carbons (Fsp3) is 0.346. The quantitative estimate of drug-likeness (QED) is 0.323. The van der Waals surface area contributed by atoms with Gasteiger partial charge in [-0.15, -0.1) is 0 Å². The zero-order valence-electron chi connectivity index (χ0n) is 18.3. The molecule has 2 fully saturated rings. The van der Waals surface area contributed by atoms with E-state index in [2.05, 4.69) is 39.6 Å². The first kappa shape index (κ1) is 23.0. The van der Waals surface area contributed by atoms with Gasteiger partial charge in [-0.1, -0.05) is 68.4 Å². The predicted octanol–water partition coefficient (Wildman–Crippen LogP) is 6.90. The molecule has 3 atom stereocenters. The molecule has 2 aliphatic rings. The molecule has 32 heavy (non-hydrogen) atoms. The van der Waals surface area contributed by atoms with Gasteiger partial charge in [-0.3, -0.25) is 4.79 Å². The monoisotopic (exact) mass is 512 g/mol. The van der Waals surface area contributed by atoms with Crippen molar-refractivity contribution < 1.29 is 9.53 Å². The molecule has 0 radical (unpaired) electrons. The van der Waals surface area contributed by atoms with Gasteiger partial charge in [0.05, 0.1) is 9.38 Å². The van der Waals surface area contributed by atoms with Crippen LogP contribution in [0.15, 0.2) is 70.6 Å². The van der Waals surface area contributed by atoms with Gasteiger partial charge in [0.25, 0.3) is 5.91 Å². The summed E-state index contributed by atoms with van der Waals surface area (Å²) >= 11 is 5.18. The molecule has 2 aromatic rings. The molecular formula is C26H29BrN2O2S. The van der Waals surface area contributed by atoms with E-state index in [4.69, 9.17) is 4.74 Å². The van der Waals surface area contributed by atoms with Gasteiger partial charge in [-0.25, -0.2) is 0 Å². The highest BCUT2D eigenvalue weighted by molar-refractivity contribution is 9.10. The van der Waals surface area contributed by atoms with Crippen molar-refractivity contribution in [1.29, 1.82) is 0 Å². The predicted molar refractivity (Wildman–Crippen MR) is 138 cm³/mol. The summed E-state index contributed by atoms with van der Waals surface area (Å²) in [6, 6.07) is 16.3. The Morgan fingerprint density at radius 1 is 1.22 bits per heavy atom. The number of rotatable bonds is 7. The maximum absolute atomic E-state index is 13.6. The number of amides is 1. The number of carbonyl (C=O) groups is 1. The van der Waals surface area contributed by atoms with E-state index >= 15 is 0 Å². The van der Waals surface area contributed by atoms with Crippen molar-refractivity contribution in [3.8, 4) is 5.75 Å². The van der Waals surface area contributed by atoms with Gasteiger partial charge >= 0.3 is 0 Å². The zero-order valence-corrected chi connectivity index (χ0v) is 20.7. The molecule has 168 valence electrons. The van der Waals surface area contributed by atoms with E-state index in [0.29, 0.717) is 12.5 Å². The highest BCUT2D eigenvalue weighted by Crippen LogP contribution is 2.42. The van der Waals surface area contributed by atoms with Gasteiger partial charge in [0, 0.05) is 11.7 Å². The first-order valence-corrected chi connectivity index (χ1v) is 12.8. The summed E-state index contributed by atoms with van der Waals surface area (Å²) in [5.41, 5.74) is 1.88.